The van der Waals surface area contributed by atoms with Gasteiger partial charge in [-0.3, -0.25) is 35.3 Å². The monoisotopic (exact) mass is 1820 g/mol. The van der Waals surface area contributed by atoms with E-state index in [1.807, 2.05) is 48.9 Å². The number of aromatic hydroxyl groups is 1. The Hall–Kier alpha value is -12.8. The van der Waals surface area contributed by atoms with Gasteiger partial charge in [-0.05, 0) is 267 Å². The van der Waals surface area contributed by atoms with E-state index >= 15 is 0 Å². The maximum absolute atomic E-state index is 13.4. The number of carbonyl (C=O) groups excluding carboxylic acids is 1. The number of rotatable bonds is 2. The molecule has 19 heteroatoms. The zero-order valence-electron chi connectivity index (χ0n) is 87.6. The summed E-state index contributed by atoms with van der Waals surface area (Å²) >= 11 is 0. The summed E-state index contributed by atoms with van der Waals surface area (Å²) in [5.74, 6) is 0.130. The number of carbonyl (C=O) groups is 1. The Labute approximate surface area is 800 Å². The minimum absolute atomic E-state index is 0.00231. The highest BCUT2D eigenvalue weighted by Crippen LogP contribution is 2.42. The molecule has 0 bridgehead atoms. The van der Waals surface area contributed by atoms with Crippen LogP contribution in [0, 0.1) is 72.5 Å². The van der Waals surface area contributed by atoms with E-state index in [-0.39, 0.29) is 60.3 Å². The third kappa shape index (κ3) is 23.9. The van der Waals surface area contributed by atoms with E-state index in [4.69, 9.17) is 5.26 Å². The van der Waals surface area contributed by atoms with Gasteiger partial charge in [-0.1, -0.05) is 255 Å². The molecule has 8 aromatic carbocycles. The van der Waals surface area contributed by atoms with Crippen LogP contribution < -0.4 is 0 Å². The molecule has 0 saturated heterocycles. The van der Waals surface area contributed by atoms with Crippen molar-refractivity contribution >= 4 is 104 Å². The number of benzene rings is 8. The summed E-state index contributed by atoms with van der Waals surface area (Å²) in [6.45, 7) is 80.2. The Morgan fingerprint density at radius 1 is 0.385 bits per heavy atom. The zero-order chi connectivity index (χ0) is 100. The predicted octanol–water partition coefficient (Wildman–Crippen LogP) is 30.6. The number of phenols is 1. The second kappa shape index (κ2) is 40.4. The molecule has 0 radical (unpaired) electrons. The van der Waals surface area contributed by atoms with Crippen LogP contribution >= 0.6 is 0 Å². The first-order valence-electron chi connectivity index (χ1n) is 47.2. The number of pyridine rings is 2. The second-order valence-corrected chi connectivity index (χ2v) is 45.4. The molecule has 0 unspecified atom stereocenters. The Bertz CT molecular complexity index is 7170. The largest absolute Gasteiger partial charge is 0.508 e. The summed E-state index contributed by atoms with van der Waals surface area (Å²) in [5.41, 5.74) is 33.9. The van der Waals surface area contributed by atoms with E-state index < -0.39 is 0 Å². The van der Waals surface area contributed by atoms with Gasteiger partial charge in [0.25, 0.3) is 0 Å². The van der Waals surface area contributed by atoms with Gasteiger partial charge in [0.1, 0.15) is 29.0 Å². The lowest BCUT2D eigenvalue weighted by Crippen LogP contribution is -2.14. The van der Waals surface area contributed by atoms with Crippen LogP contribution in [0.3, 0.4) is 0 Å². The first kappa shape index (κ1) is 104. The van der Waals surface area contributed by atoms with Gasteiger partial charge in [0, 0.05) is 109 Å². The molecule has 0 saturated carbocycles. The average Bonchev–Trinajstić information content (AvgIpc) is 1.62. The van der Waals surface area contributed by atoms with Crippen LogP contribution in [0.25, 0.3) is 98.3 Å². The number of ketones is 1. The van der Waals surface area contributed by atoms with Crippen molar-refractivity contribution in [2.75, 3.05) is 0 Å². The quantitative estimate of drug-likeness (QED) is 0.0738. The lowest BCUT2D eigenvalue weighted by atomic mass is 9.81. The van der Waals surface area contributed by atoms with Crippen molar-refractivity contribution < 1.29 is 14.3 Å². The number of aromatic nitrogens is 15. The number of nitrogens with one attached hydrogen (secondary N) is 8. The number of nitrogens with zero attached hydrogens (tertiary/aromatic N) is 8. The van der Waals surface area contributed by atoms with E-state index in [0.29, 0.717) is 22.7 Å². The summed E-state index contributed by atoms with van der Waals surface area (Å²) in [6, 6.07) is 46.2. The maximum atomic E-state index is 13.4. The van der Waals surface area contributed by atoms with Gasteiger partial charge >= 0.3 is 0 Å². The molecule has 10 heterocycles. The van der Waals surface area contributed by atoms with E-state index in [1.165, 1.54) is 128 Å². The normalized spacial score (nSPS) is 12.2. The standard InChI is InChI=1S/C14H18N2O.C14H20N2.C13H15N3.2C13H18N2.C13H15NO.C13H17N.C12H14FN.C11H14N2/c1-8-6-7-10-11(12(8)14(3,4)5)13(9(2)17)16-15-10;1-6-10-12-11(16-15-10)8-7-9(2)13(12)14(3,4)5;1-8-5-6-9-11(10(7-14)16-15-9)12(8)13(2,3)4;2*1-8-6-7-10-11(9(2)14-15-10)12(8)13(3,4)5;1-13(2,3)11-8-10(15)7-9-5-4-6-14-12(9)11;1-9-6-5-7-11-12(9)10(8-14-11)13(2,3)4;1-12(2,3)9-7-14-11-8(9)5-4-6-10(11)13;1-11(2,3)9-5-7-13-10-8(9)4-6-12-10/h6-7H,1-5H3,(H,15,16);7-8H,6H2,1-5H3,(H,15,16);5-6H,1-4H3,(H,15,16);2*6-7H,1-5H3,(H,14,15);4-8,15H,1-3H3;5-8,14H,1-4H3;4-7,14H,1-3H3;4-7H,1-3H3,(H,12,13). The molecule has 9 N–H and O–H groups in total. The number of fused-ring (bicyclic) bond motifs is 9. The van der Waals surface area contributed by atoms with Crippen LogP contribution in [0.15, 0.2) is 164 Å². The van der Waals surface area contributed by atoms with Crippen LogP contribution in [-0.2, 0) is 55.2 Å². The molecule has 18 rings (SSSR count). The third-order valence-electron chi connectivity index (χ3n) is 24.6. The number of hydrogen-bond acceptors (Lipinski definition) is 10. The van der Waals surface area contributed by atoms with E-state index in [1.54, 1.807) is 31.3 Å². The maximum Gasteiger partial charge on any atom is 0.180 e. The molecule has 0 amide bonds. The zero-order valence-corrected chi connectivity index (χ0v) is 87.6. The lowest BCUT2D eigenvalue weighted by molar-refractivity contribution is 0.101. The summed E-state index contributed by atoms with van der Waals surface area (Å²) in [5, 5.41) is 65.5. The second-order valence-electron chi connectivity index (χ2n) is 45.4. The van der Waals surface area contributed by atoms with E-state index in [9.17, 15) is 14.3 Å². The van der Waals surface area contributed by atoms with Gasteiger partial charge in [-0.2, -0.15) is 30.8 Å². The topological polar surface area (TPSA) is 278 Å². The summed E-state index contributed by atoms with van der Waals surface area (Å²) in [7, 11) is 0. The molecule has 18 nitrogen and oxygen atoms in total. The number of para-hydroxylation sites is 1. The van der Waals surface area contributed by atoms with Crippen molar-refractivity contribution in [1.82, 2.24) is 75.9 Å². The highest BCUT2D eigenvalue weighted by Gasteiger charge is 2.30. The Morgan fingerprint density at radius 2 is 0.837 bits per heavy atom. The van der Waals surface area contributed by atoms with Crippen LogP contribution in [0.1, 0.15) is 318 Å². The predicted molar refractivity (Wildman–Crippen MR) is 567 cm³/mol. The van der Waals surface area contributed by atoms with E-state index in [2.05, 4.69) is 416 Å². The number of phenolic OH excluding ortho intramolecular Hbond substituents is 1. The van der Waals surface area contributed by atoms with Crippen molar-refractivity contribution in [3.05, 3.63) is 282 Å². The van der Waals surface area contributed by atoms with Crippen molar-refractivity contribution in [2.24, 2.45) is 0 Å². The summed E-state index contributed by atoms with van der Waals surface area (Å²) in [4.78, 5) is 29.7. The van der Waals surface area contributed by atoms with Crippen molar-refractivity contribution in [3.8, 4) is 11.8 Å². The van der Waals surface area contributed by atoms with Gasteiger partial charge in [0.15, 0.2) is 11.5 Å². The van der Waals surface area contributed by atoms with Crippen molar-refractivity contribution in [1.29, 1.82) is 5.26 Å². The Kier molecular flexibility index (Phi) is 31.2. The van der Waals surface area contributed by atoms with Crippen LogP contribution in [0.4, 0.5) is 4.39 Å². The molecular formula is C116H149FN16O2. The number of aromatic amines is 8. The number of halogens is 1. The molecule has 135 heavy (non-hydrogen) atoms. The first-order chi connectivity index (χ1) is 62.6. The summed E-state index contributed by atoms with van der Waals surface area (Å²) < 4.78 is 13.4. The SMILES string of the molecule is CC(=O)c1n[nH]c2ccc(C)c(C(C)(C)C)c12.CC(C)(C)c1c[nH]c2c(F)cccc12.CC(C)(C)c1cc(O)cc2cccnc12.CC(C)(C)c1ccnc2[nH]ccc12.CCc1[nH]nc2ccc(C)c(C(C)(C)C)c12.Cc1ccc2[nH]nc(C#N)c2c1C(C)(C)C.Cc1ccc2n[nH]c(C)c2c1C(C)(C)C.Cc1ccc2n[nH]c(C)c2c1C(C)(C)C.Cc1cccc2[nH]cc(C(C)(C)C)c12. The molecule has 0 spiro atoms. The van der Waals surface area contributed by atoms with Gasteiger partial charge in [-0.15, -0.1) is 0 Å². The molecule has 0 aliphatic carbocycles. The highest BCUT2D eigenvalue weighted by molar-refractivity contribution is 6.06. The number of hydrogen-bond donors (Lipinski definition) is 9. The van der Waals surface area contributed by atoms with Gasteiger partial charge in [0.05, 0.1) is 38.6 Å². The molecule has 0 aliphatic heterocycles. The molecule has 0 atom stereocenters. The molecule has 0 aliphatic rings. The summed E-state index contributed by atoms with van der Waals surface area (Å²) in [6.07, 6.45) is 10.6. The minimum Gasteiger partial charge on any atom is -0.508 e. The fourth-order valence-electron chi connectivity index (χ4n) is 18.9. The minimum atomic E-state index is -0.182. The number of H-pyrrole nitrogens is 8. The van der Waals surface area contributed by atoms with Gasteiger partial charge < -0.3 is 20.1 Å². The molecule has 18 aromatic rings. The molecule has 0 fully saturated rings. The molecule has 712 valence electrons. The fraction of sp³-hybridized carbons (Fsp3) is 0.405. The van der Waals surface area contributed by atoms with Gasteiger partial charge in [-0.25, -0.2) is 9.37 Å². The van der Waals surface area contributed by atoms with Crippen molar-refractivity contribution in [3.63, 3.8) is 0 Å². The lowest BCUT2D eigenvalue weighted by Gasteiger charge is -2.23. The van der Waals surface area contributed by atoms with Crippen LogP contribution in [0.5, 0.6) is 5.75 Å². The van der Waals surface area contributed by atoms with E-state index in [0.717, 1.165) is 77.8 Å². The Morgan fingerprint density at radius 3 is 1.33 bits per heavy atom. The Balaban J connectivity index is 0.000000157. The third-order valence-corrected chi connectivity index (χ3v) is 24.6. The highest BCUT2D eigenvalue weighted by atomic mass is 19.1. The van der Waals surface area contributed by atoms with Crippen LogP contribution in [-0.4, -0.2) is 86.8 Å². The number of Topliss-reactive ketones (excluding diaryl/α,β-unsaturated/α-hetero) is 1. The fourth-order valence-corrected chi connectivity index (χ4v) is 18.9. The number of nitriles is 1. The first-order valence-corrected chi connectivity index (χ1v) is 47.2. The molecule has 10 aromatic heterocycles. The molecular weight excluding hydrogens is 1670 g/mol. The smallest absolute Gasteiger partial charge is 0.180 e. The van der Waals surface area contributed by atoms with Crippen molar-refractivity contribution in [2.45, 2.75) is 311 Å². The van der Waals surface area contributed by atoms with Gasteiger partial charge in [0.2, 0.25) is 0 Å². The number of aryl methyl sites for hydroxylation is 9. The average molecular weight is 1820 g/mol. The van der Waals surface area contributed by atoms with Crippen LogP contribution in [0.2, 0.25) is 0 Å².